The Morgan fingerprint density at radius 1 is 1.29 bits per heavy atom. The maximum atomic E-state index is 5.46. The number of nitrogens with one attached hydrogen (secondary N) is 1. The number of aromatic nitrogens is 1. The van der Waals surface area contributed by atoms with Crippen molar-refractivity contribution < 1.29 is 4.74 Å². The molecule has 3 rings (SSSR count). The Morgan fingerprint density at radius 2 is 2.04 bits per heavy atom. The summed E-state index contributed by atoms with van der Waals surface area (Å²) in [5.74, 6) is 1.73. The van der Waals surface area contributed by atoms with Crippen LogP contribution in [0.3, 0.4) is 0 Å². The van der Waals surface area contributed by atoms with E-state index in [4.69, 9.17) is 14.7 Å². The molecule has 0 aliphatic carbocycles. The van der Waals surface area contributed by atoms with E-state index in [2.05, 4.69) is 41.7 Å². The van der Waals surface area contributed by atoms with Gasteiger partial charge in [-0.2, -0.15) is 0 Å². The molecule has 0 unspecified atom stereocenters. The Labute approximate surface area is 189 Å². The number of rotatable bonds is 7. The van der Waals surface area contributed by atoms with Crippen molar-refractivity contribution in [1.82, 2.24) is 15.2 Å². The molecule has 1 saturated heterocycles. The van der Waals surface area contributed by atoms with Gasteiger partial charge < -0.3 is 15.0 Å². The smallest absolute Gasteiger partial charge is 0.194 e. The Bertz CT molecular complexity index is 716. The Morgan fingerprint density at radius 3 is 2.75 bits per heavy atom. The molecule has 0 radical (unpaired) electrons. The summed E-state index contributed by atoms with van der Waals surface area (Å²) in [6, 6.07) is 10.3. The third-order valence-corrected chi connectivity index (χ3v) is 5.81. The number of nitrogens with zero attached hydrogens (tertiary/aromatic N) is 3. The van der Waals surface area contributed by atoms with E-state index in [-0.39, 0.29) is 24.0 Å². The zero-order valence-electron chi connectivity index (χ0n) is 16.8. The fraction of sp³-hybridized carbons (Fsp3) is 0.524. The van der Waals surface area contributed by atoms with E-state index >= 15 is 0 Å². The molecule has 2 heterocycles. The summed E-state index contributed by atoms with van der Waals surface area (Å²) >= 11 is 1.68. The minimum Gasteiger partial charge on any atom is -0.381 e. The minimum atomic E-state index is 0. The second-order valence-corrected chi connectivity index (χ2v) is 7.80. The van der Waals surface area contributed by atoms with Crippen molar-refractivity contribution >= 4 is 41.3 Å². The average molecular weight is 514 g/mol. The predicted molar refractivity (Wildman–Crippen MR) is 129 cm³/mol. The molecule has 0 amide bonds. The average Bonchev–Trinajstić information content (AvgIpc) is 3.20. The summed E-state index contributed by atoms with van der Waals surface area (Å²) < 4.78 is 5.46. The number of halogens is 1. The Kier molecular flexibility index (Phi) is 10.2. The summed E-state index contributed by atoms with van der Waals surface area (Å²) in [5.41, 5.74) is 2.19. The van der Waals surface area contributed by atoms with Gasteiger partial charge >= 0.3 is 0 Å². The van der Waals surface area contributed by atoms with Gasteiger partial charge in [0.15, 0.2) is 5.96 Å². The molecule has 2 aromatic rings. The highest BCUT2D eigenvalue weighted by Gasteiger charge is 2.15. The molecule has 1 aliphatic heterocycles. The molecule has 0 spiro atoms. The van der Waals surface area contributed by atoms with E-state index in [0.717, 1.165) is 48.9 Å². The summed E-state index contributed by atoms with van der Waals surface area (Å²) in [6.07, 6.45) is 3.56. The van der Waals surface area contributed by atoms with Crippen LogP contribution in [0.1, 0.15) is 31.9 Å². The molecule has 1 aromatic carbocycles. The standard InChI is InChI=1S/C21H30N4OS.HI/c1-3-22-21(25(2)12-9-17-10-13-26-14-11-17)23-15-19-16-27-20(24-19)18-7-5-4-6-8-18;/h4-8,16-17H,3,9-15H2,1-2H3,(H,22,23);1H. The van der Waals surface area contributed by atoms with Crippen LogP contribution >= 0.6 is 35.3 Å². The van der Waals surface area contributed by atoms with Crippen LogP contribution in [0.5, 0.6) is 0 Å². The van der Waals surface area contributed by atoms with E-state index in [1.165, 1.54) is 24.8 Å². The van der Waals surface area contributed by atoms with Gasteiger partial charge in [-0.25, -0.2) is 9.98 Å². The first-order valence-corrected chi connectivity index (χ1v) is 10.7. The second-order valence-electron chi connectivity index (χ2n) is 6.95. The van der Waals surface area contributed by atoms with Gasteiger partial charge in [0.25, 0.3) is 0 Å². The summed E-state index contributed by atoms with van der Waals surface area (Å²) in [5, 5.41) is 6.57. The van der Waals surface area contributed by atoms with Gasteiger partial charge in [0.05, 0.1) is 12.2 Å². The summed E-state index contributed by atoms with van der Waals surface area (Å²) in [6.45, 7) is 6.42. The Balaban J connectivity index is 0.00000280. The second kappa shape index (κ2) is 12.4. The lowest BCUT2D eigenvalue weighted by Crippen LogP contribution is -2.40. The molecule has 154 valence electrons. The maximum absolute atomic E-state index is 5.46. The Hall–Kier alpha value is -1.19. The van der Waals surface area contributed by atoms with Crippen LogP contribution in [0.25, 0.3) is 10.6 Å². The highest BCUT2D eigenvalue weighted by atomic mass is 127. The summed E-state index contributed by atoms with van der Waals surface area (Å²) in [7, 11) is 2.12. The molecule has 1 aromatic heterocycles. The van der Waals surface area contributed by atoms with Crippen LogP contribution in [-0.4, -0.2) is 49.2 Å². The first kappa shape index (κ1) is 23.1. The molecule has 0 saturated carbocycles. The molecule has 7 heteroatoms. The first-order valence-electron chi connectivity index (χ1n) is 9.83. The van der Waals surface area contributed by atoms with Crippen LogP contribution < -0.4 is 5.32 Å². The van der Waals surface area contributed by atoms with Gasteiger partial charge in [-0.05, 0) is 32.1 Å². The van der Waals surface area contributed by atoms with Crippen molar-refractivity contribution in [1.29, 1.82) is 0 Å². The van der Waals surface area contributed by atoms with Crippen molar-refractivity contribution in [3.05, 3.63) is 41.4 Å². The van der Waals surface area contributed by atoms with Crippen molar-refractivity contribution in [2.24, 2.45) is 10.9 Å². The molecule has 1 fully saturated rings. The highest BCUT2D eigenvalue weighted by molar-refractivity contribution is 14.0. The SMILES string of the molecule is CCNC(=NCc1csc(-c2ccccc2)n1)N(C)CCC1CCOCC1.I. The third kappa shape index (κ3) is 7.00. The summed E-state index contributed by atoms with van der Waals surface area (Å²) in [4.78, 5) is 11.8. The predicted octanol–water partition coefficient (Wildman–Crippen LogP) is 4.64. The number of guanidine groups is 1. The number of thiazole rings is 1. The van der Waals surface area contributed by atoms with Crippen LogP contribution in [0, 0.1) is 5.92 Å². The van der Waals surface area contributed by atoms with E-state index in [9.17, 15) is 0 Å². The number of aliphatic imine (C=N–C) groups is 1. The van der Waals surface area contributed by atoms with E-state index in [0.29, 0.717) is 6.54 Å². The number of benzene rings is 1. The molecular formula is C21H31IN4OS. The lowest BCUT2D eigenvalue weighted by atomic mass is 9.96. The topological polar surface area (TPSA) is 49.8 Å². The van der Waals surface area contributed by atoms with Gasteiger partial charge in [0.1, 0.15) is 5.01 Å². The minimum absolute atomic E-state index is 0. The van der Waals surface area contributed by atoms with Crippen LogP contribution in [-0.2, 0) is 11.3 Å². The van der Waals surface area contributed by atoms with Crippen LogP contribution in [0.15, 0.2) is 40.7 Å². The van der Waals surface area contributed by atoms with Gasteiger partial charge in [0, 0.05) is 44.3 Å². The lowest BCUT2D eigenvalue weighted by Gasteiger charge is -2.26. The van der Waals surface area contributed by atoms with Crippen molar-refractivity contribution in [3.8, 4) is 10.6 Å². The van der Waals surface area contributed by atoms with E-state index in [1.54, 1.807) is 11.3 Å². The molecule has 0 bridgehead atoms. The van der Waals surface area contributed by atoms with Gasteiger partial charge in [0.2, 0.25) is 0 Å². The van der Waals surface area contributed by atoms with Crippen LogP contribution in [0.2, 0.25) is 0 Å². The van der Waals surface area contributed by atoms with Crippen LogP contribution in [0.4, 0.5) is 0 Å². The largest absolute Gasteiger partial charge is 0.381 e. The molecule has 5 nitrogen and oxygen atoms in total. The normalized spacial score (nSPS) is 15.1. The number of hydrogen-bond donors (Lipinski definition) is 1. The zero-order chi connectivity index (χ0) is 18.9. The highest BCUT2D eigenvalue weighted by Crippen LogP contribution is 2.23. The van der Waals surface area contributed by atoms with Gasteiger partial charge in [-0.3, -0.25) is 0 Å². The quantitative estimate of drug-likeness (QED) is 0.332. The van der Waals surface area contributed by atoms with Crippen molar-refractivity contribution in [2.75, 3.05) is 33.4 Å². The fourth-order valence-corrected chi connectivity index (χ4v) is 4.05. The maximum Gasteiger partial charge on any atom is 0.194 e. The van der Waals surface area contributed by atoms with Crippen molar-refractivity contribution in [3.63, 3.8) is 0 Å². The lowest BCUT2D eigenvalue weighted by molar-refractivity contribution is 0.0625. The number of ether oxygens (including phenoxy) is 1. The first-order chi connectivity index (χ1) is 13.3. The molecule has 28 heavy (non-hydrogen) atoms. The fourth-order valence-electron chi connectivity index (χ4n) is 3.24. The third-order valence-electron chi connectivity index (χ3n) is 4.87. The molecule has 1 aliphatic rings. The van der Waals surface area contributed by atoms with E-state index in [1.807, 2.05) is 18.2 Å². The zero-order valence-corrected chi connectivity index (χ0v) is 19.9. The molecule has 0 atom stereocenters. The van der Waals surface area contributed by atoms with Gasteiger partial charge in [-0.1, -0.05) is 30.3 Å². The number of hydrogen-bond acceptors (Lipinski definition) is 4. The molecule has 1 N–H and O–H groups in total. The van der Waals surface area contributed by atoms with Gasteiger partial charge in [-0.15, -0.1) is 35.3 Å². The van der Waals surface area contributed by atoms with Crippen molar-refractivity contribution in [2.45, 2.75) is 32.7 Å². The monoisotopic (exact) mass is 514 g/mol. The molecular weight excluding hydrogens is 483 g/mol. The van der Waals surface area contributed by atoms with E-state index < -0.39 is 0 Å².